The zero-order chi connectivity index (χ0) is 16.7. The van der Waals surface area contributed by atoms with E-state index in [0.717, 1.165) is 49.2 Å². The van der Waals surface area contributed by atoms with Crippen LogP contribution in [0.2, 0.25) is 0 Å². The van der Waals surface area contributed by atoms with Gasteiger partial charge in [0.2, 0.25) is 0 Å². The van der Waals surface area contributed by atoms with Gasteiger partial charge in [0.05, 0.1) is 17.3 Å². The molecule has 0 radical (unpaired) electrons. The maximum Gasteiger partial charge on any atom is 0.311 e. The standard InChI is InChI=1S/C19H23N3O2/c1-13-4-2-5-14(8-13)17-15(9-20-21-17)10-22-11-16-6-3-7-19(16,12-22)18(23)24/h2,4-5,8-9,16H,3,6-7,10-12H2,1H3,(H,20,21)(H,23,24)/t16-,19+/m0/s1. The second-order valence-electron chi connectivity index (χ2n) is 7.36. The Balaban J connectivity index is 1.56. The van der Waals surface area contributed by atoms with Gasteiger partial charge in [0, 0.05) is 30.8 Å². The summed E-state index contributed by atoms with van der Waals surface area (Å²) in [5.41, 5.74) is 4.01. The maximum atomic E-state index is 11.8. The number of carbonyl (C=O) groups is 1. The highest BCUT2D eigenvalue weighted by molar-refractivity contribution is 5.76. The van der Waals surface area contributed by atoms with E-state index in [9.17, 15) is 9.90 Å². The SMILES string of the molecule is Cc1cccc(-c2[nH]ncc2CN2C[C@@H]3CCC[C@@]3(C(=O)O)C2)c1. The number of benzene rings is 1. The van der Waals surface area contributed by atoms with Crippen LogP contribution in [0.3, 0.4) is 0 Å². The van der Waals surface area contributed by atoms with Crippen LogP contribution in [0.25, 0.3) is 11.3 Å². The Morgan fingerprint density at radius 3 is 3.12 bits per heavy atom. The summed E-state index contributed by atoms with van der Waals surface area (Å²) in [6.07, 6.45) is 4.78. The predicted molar refractivity (Wildman–Crippen MR) is 91.4 cm³/mol. The second-order valence-corrected chi connectivity index (χ2v) is 7.36. The van der Waals surface area contributed by atoms with Crippen molar-refractivity contribution in [3.63, 3.8) is 0 Å². The molecule has 1 saturated carbocycles. The molecule has 2 fully saturated rings. The number of hydrogen-bond acceptors (Lipinski definition) is 3. The summed E-state index contributed by atoms with van der Waals surface area (Å²) < 4.78 is 0. The van der Waals surface area contributed by atoms with Gasteiger partial charge >= 0.3 is 5.97 Å². The molecule has 2 atom stereocenters. The summed E-state index contributed by atoms with van der Waals surface area (Å²) in [4.78, 5) is 14.1. The van der Waals surface area contributed by atoms with Gasteiger partial charge in [0.25, 0.3) is 0 Å². The van der Waals surface area contributed by atoms with Crippen molar-refractivity contribution in [2.45, 2.75) is 32.7 Å². The molecule has 126 valence electrons. The molecule has 0 amide bonds. The normalized spacial score (nSPS) is 26.6. The summed E-state index contributed by atoms with van der Waals surface area (Å²) in [7, 11) is 0. The topological polar surface area (TPSA) is 69.2 Å². The molecule has 5 heteroatoms. The van der Waals surface area contributed by atoms with Crippen LogP contribution in [0.1, 0.15) is 30.4 Å². The second kappa shape index (κ2) is 5.74. The fourth-order valence-corrected chi connectivity index (χ4v) is 4.59. The number of aromatic amines is 1. The van der Waals surface area contributed by atoms with Gasteiger partial charge in [0.1, 0.15) is 0 Å². The quantitative estimate of drug-likeness (QED) is 0.906. The Hall–Kier alpha value is -2.14. The van der Waals surface area contributed by atoms with Crippen molar-refractivity contribution >= 4 is 5.97 Å². The van der Waals surface area contributed by atoms with Crippen LogP contribution in [-0.4, -0.2) is 39.3 Å². The number of nitrogens with zero attached hydrogens (tertiary/aromatic N) is 2. The molecule has 1 aliphatic carbocycles. The molecule has 0 bridgehead atoms. The van der Waals surface area contributed by atoms with Crippen molar-refractivity contribution in [2.75, 3.05) is 13.1 Å². The number of aromatic nitrogens is 2. The van der Waals surface area contributed by atoms with Crippen LogP contribution in [0, 0.1) is 18.3 Å². The number of carboxylic acid groups (broad SMARTS) is 1. The number of H-pyrrole nitrogens is 1. The molecule has 1 aliphatic heterocycles. The van der Waals surface area contributed by atoms with Crippen LogP contribution in [0.15, 0.2) is 30.5 Å². The van der Waals surface area contributed by atoms with E-state index in [0.29, 0.717) is 12.5 Å². The third kappa shape index (κ3) is 2.44. The fraction of sp³-hybridized carbons (Fsp3) is 0.474. The first-order valence-corrected chi connectivity index (χ1v) is 8.63. The molecule has 2 aromatic rings. The van der Waals surface area contributed by atoms with Crippen LogP contribution in [0.5, 0.6) is 0 Å². The Kier molecular flexibility index (Phi) is 3.68. The summed E-state index contributed by atoms with van der Waals surface area (Å²) >= 11 is 0. The lowest BCUT2D eigenvalue weighted by Gasteiger charge is -2.23. The van der Waals surface area contributed by atoms with Gasteiger partial charge in [-0.1, -0.05) is 30.2 Å². The van der Waals surface area contributed by atoms with Crippen molar-refractivity contribution in [3.8, 4) is 11.3 Å². The first-order chi connectivity index (χ1) is 11.6. The maximum absolute atomic E-state index is 11.8. The minimum atomic E-state index is -0.612. The molecule has 0 unspecified atom stereocenters. The lowest BCUT2D eigenvalue weighted by molar-refractivity contribution is -0.149. The van der Waals surface area contributed by atoms with Crippen LogP contribution in [0.4, 0.5) is 0 Å². The van der Waals surface area contributed by atoms with E-state index in [1.807, 2.05) is 6.20 Å². The van der Waals surface area contributed by atoms with Crippen LogP contribution >= 0.6 is 0 Å². The van der Waals surface area contributed by atoms with Crippen molar-refractivity contribution in [2.24, 2.45) is 11.3 Å². The van der Waals surface area contributed by atoms with Gasteiger partial charge in [-0.25, -0.2) is 0 Å². The number of aliphatic carboxylic acids is 1. The Bertz CT molecular complexity index is 769. The van der Waals surface area contributed by atoms with E-state index in [-0.39, 0.29) is 0 Å². The van der Waals surface area contributed by atoms with Crippen LogP contribution in [-0.2, 0) is 11.3 Å². The Morgan fingerprint density at radius 1 is 1.50 bits per heavy atom. The highest BCUT2D eigenvalue weighted by Crippen LogP contribution is 2.49. The Labute approximate surface area is 141 Å². The van der Waals surface area contributed by atoms with Gasteiger partial charge < -0.3 is 5.11 Å². The minimum absolute atomic E-state index is 0.296. The van der Waals surface area contributed by atoms with Crippen molar-refractivity contribution in [3.05, 3.63) is 41.6 Å². The summed E-state index contributed by atoms with van der Waals surface area (Å²) in [5, 5.41) is 17.1. The number of fused-ring (bicyclic) bond motifs is 1. The third-order valence-electron chi connectivity index (χ3n) is 5.79. The number of carboxylic acids is 1. The molecule has 24 heavy (non-hydrogen) atoms. The lowest BCUT2D eigenvalue weighted by atomic mass is 9.81. The van der Waals surface area contributed by atoms with E-state index in [4.69, 9.17) is 0 Å². The summed E-state index contributed by atoms with van der Waals surface area (Å²) in [5.74, 6) is -0.317. The van der Waals surface area contributed by atoms with Gasteiger partial charge in [-0.2, -0.15) is 5.10 Å². The average molecular weight is 325 g/mol. The number of hydrogen-bond donors (Lipinski definition) is 2. The number of rotatable bonds is 4. The van der Waals surface area contributed by atoms with E-state index >= 15 is 0 Å². The Morgan fingerprint density at radius 2 is 2.38 bits per heavy atom. The molecule has 0 spiro atoms. The molecule has 2 aliphatic rings. The van der Waals surface area contributed by atoms with Gasteiger partial charge in [-0.15, -0.1) is 0 Å². The van der Waals surface area contributed by atoms with E-state index < -0.39 is 11.4 Å². The molecular weight excluding hydrogens is 302 g/mol. The van der Waals surface area contributed by atoms with E-state index in [1.54, 1.807) is 0 Å². The highest BCUT2D eigenvalue weighted by Gasteiger charge is 2.54. The average Bonchev–Trinajstić information content (AvgIpc) is 3.21. The first-order valence-electron chi connectivity index (χ1n) is 8.63. The smallest absolute Gasteiger partial charge is 0.311 e. The zero-order valence-corrected chi connectivity index (χ0v) is 14.0. The van der Waals surface area contributed by atoms with E-state index in [1.165, 1.54) is 5.56 Å². The molecule has 2 heterocycles. The molecule has 2 N–H and O–H groups in total. The highest BCUT2D eigenvalue weighted by atomic mass is 16.4. The van der Waals surface area contributed by atoms with Gasteiger partial charge in [0.15, 0.2) is 0 Å². The molecule has 1 aromatic carbocycles. The monoisotopic (exact) mass is 325 g/mol. The van der Waals surface area contributed by atoms with Crippen molar-refractivity contribution in [1.29, 1.82) is 0 Å². The summed E-state index contributed by atoms with van der Waals surface area (Å²) in [6, 6.07) is 8.36. The number of aryl methyl sites for hydroxylation is 1. The molecular formula is C19H23N3O2. The van der Waals surface area contributed by atoms with Crippen molar-refractivity contribution in [1.82, 2.24) is 15.1 Å². The summed E-state index contributed by atoms with van der Waals surface area (Å²) in [6.45, 7) is 4.37. The van der Waals surface area contributed by atoms with Gasteiger partial charge in [-0.3, -0.25) is 14.8 Å². The van der Waals surface area contributed by atoms with Crippen molar-refractivity contribution < 1.29 is 9.90 Å². The molecule has 1 aromatic heterocycles. The van der Waals surface area contributed by atoms with Crippen LogP contribution < -0.4 is 0 Å². The minimum Gasteiger partial charge on any atom is -0.481 e. The van der Waals surface area contributed by atoms with E-state index in [2.05, 4.69) is 46.3 Å². The predicted octanol–water partition coefficient (Wildman–Crippen LogP) is 3.07. The molecule has 1 saturated heterocycles. The molecule has 4 rings (SSSR count). The third-order valence-corrected chi connectivity index (χ3v) is 5.79. The largest absolute Gasteiger partial charge is 0.481 e. The molecule has 5 nitrogen and oxygen atoms in total. The number of likely N-dealkylation sites (tertiary alicyclic amines) is 1. The zero-order valence-electron chi connectivity index (χ0n) is 14.0. The number of nitrogens with one attached hydrogen (secondary N) is 1. The van der Waals surface area contributed by atoms with Gasteiger partial charge in [-0.05, 0) is 31.7 Å². The fourth-order valence-electron chi connectivity index (χ4n) is 4.59. The lowest BCUT2D eigenvalue weighted by Crippen LogP contribution is -2.35. The first kappa shape index (κ1) is 15.4.